The van der Waals surface area contributed by atoms with Crippen molar-refractivity contribution in [3.63, 3.8) is 0 Å². The fourth-order valence-corrected chi connectivity index (χ4v) is 2.26. The van der Waals surface area contributed by atoms with Crippen LogP contribution in [0.4, 0.5) is 0 Å². The van der Waals surface area contributed by atoms with Crippen molar-refractivity contribution >= 4 is 0 Å². The third kappa shape index (κ3) is 3.19. The molecule has 4 heteroatoms. The summed E-state index contributed by atoms with van der Waals surface area (Å²) in [7, 11) is 1.96. The van der Waals surface area contributed by atoms with Crippen LogP contribution in [0, 0.1) is 5.92 Å². The zero-order valence-corrected chi connectivity index (χ0v) is 11.4. The van der Waals surface area contributed by atoms with Crippen molar-refractivity contribution in [2.45, 2.75) is 18.9 Å². The zero-order chi connectivity index (χ0) is 13.1. The molecule has 19 heavy (non-hydrogen) atoms. The van der Waals surface area contributed by atoms with Gasteiger partial charge in [-0.2, -0.15) is 0 Å². The number of hydrogen-bond acceptors (Lipinski definition) is 4. The second-order valence-corrected chi connectivity index (χ2v) is 5.23. The van der Waals surface area contributed by atoms with Gasteiger partial charge in [-0.25, -0.2) is 0 Å². The number of fused-ring (bicyclic) bond motifs is 1. The largest absolute Gasteiger partial charge is 0.486 e. The van der Waals surface area contributed by atoms with Gasteiger partial charge in [-0.3, -0.25) is 0 Å². The number of rotatable bonds is 6. The van der Waals surface area contributed by atoms with Gasteiger partial charge in [0.05, 0.1) is 12.6 Å². The van der Waals surface area contributed by atoms with E-state index in [1.807, 2.05) is 13.1 Å². The van der Waals surface area contributed by atoms with Gasteiger partial charge < -0.3 is 19.5 Å². The molecule has 4 nitrogen and oxygen atoms in total. The SMILES string of the molecule is CNC(COCC1CC1)c1ccc2c(c1)OCCO2. The van der Waals surface area contributed by atoms with E-state index in [4.69, 9.17) is 14.2 Å². The maximum atomic E-state index is 5.77. The van der Waals surface area contributed by atoms with Gasteiger partial charge in [0.2, 0.25) is 0 Å². The van der Waals surface area contributed by atoms with E-state index in [9.17, 15) is 0 Å². The van der Waals surface area contributed by atoms with Gasteiger partial charge in [0, 0.05) is 6.61 Å². The first kappa shape index (κ1) is 12.8. The van der Waals surface area contributed by atoms with E-state index in [1.54, 1.807) is 0 Å². The molecule has 0 aromatic heterocycles. The standard InChI is InChI=1S/C15H21NO3/c1-16-13(10-17-9-11-2-3-11)12-4-5-14-15(8-12)19-7-6-18-14/h4-5,8,11,13,16H,2-3,6-7,9-10H2,1H3. The molecule has 0 spiro atoms. The quantitative estimate of drug-likeness (QED) is 0.853. The average Bonchev–Trinajstić information content (AvgIpc) is 3.27. The van der Waals surface area contributed by atoms with E-state index in [0.717, 1.165) is 24.0 Å². The van der Waals surface area contributed by atoms with Crippen molar-refractivity contribution in [1.82, 2.24) is 5.32 Å². The lowest BCUT2D eigenvalue weighted by Gasteiger charge is -2.22. The van der Waals surface area contributed by atoms with E-state index in [-0.39, 0.29) is 6.04 Å². The predicted molar refractivity (Wildman–Crippen MR) is 72.8 cm³/mol. The molecule has 1 unspecified atom stereocenters. The lowest BCUT2D eigenvalue weighted by atomic mass is 10.1. The molecule has 1 N–H and O–H groups in total. The van der Waals surface area contributed by atoms with Crippen LogP contribution in [-0.2, 0) is 4.74 Å². The predicted octanol–water partition coefficient (Wildman–Crippen LogP) is 2.14. The van der Waals surface area contributed by atoms with E-state index >= 15 is 0 Å². The molecule has 1 heterocycles. The Morgan fingerprint density at radius 1 is 1.26 bits per heavy atom. The lowest BCUT2D eigenvalue weighted by molar-refractivity contribution is 0.104. The summed E-state index contributed by atoms with van der Waals surface area (Å²) in [6.45, 7) is 2.85. The minimum atomic E-state index is 0.203. The maximum Gasteiger partial charge on any atom is 0.161 e. The molecule has 1 fully saturated rings. The number of ether oxygens (including phenoxy) is 3. The molecule has 3 rings (SSSR count). The van der Waals surface area contributed by atoms with Crippen molar-refractivity contribution in [2.24, 2.45) is 5.92 Å². The molecular formula is C15H21NO3. The molecule has 1 saturated carbocycles. The molecule has 1 aromatic carbocycles. The number of hydrogen-bond donors (Lipinski definition) is 1. The van der Waals surface area contributed by atoms with Gasteiger partial charge in [-0.05, 0) is 43.5 Å². The van der Waals surface area contributed by atoms with Crippen LogP contribution in [0.1, 0.15) is 24.4 Å². The van der Waals surface area contributed by atoms with Crippen LogP contribution in [0.15, 0.2) is 18.2 Å². The number of likely N-dealkylation sites (N-methyl/N-ethyl adjacent to an activating group) is 1. The monoisotopic (exact) mass is 263 g/mol. The molecule has 2 aliphatic rings. The summed E-state index contributed by atoms with van der Waals surface area (Å²) in [4.78, 5) is 0. The topological polar surface area (TPSA) is 39.7 Å². The third-order valence-electron chi connectivity index (χ3n) is 3.65. The van der Waals surface area contributed by atoms with Crippen molar-refractivity contribution in [3.05, 3.63) is 23.8 Å². The Labute approximate surface area is 114 Å². The Hall–Kier alpha value is -1.26. The fraction of sp³-hybridized carbons (Fsp3) is 0.600. The minimum Gasteiger partial charge on any atom is -0.486 e. The highest BCUT2D eigenvalue weighted by atomic mass is 16.6. The summed E-state index contributed by atoms with van der Waals surface area (Å²) in [5.74, 6) is 2.48. The van der Waals surface area contributed by atoms with E-state index in [1.165, 1.54) is 18.4 Å². The third-order valence-corrected chi connectivity index (χ3v) is 3.65. The van der Waals surface area contributed by atoms with Crippen LogP contribution in [-0.4, -0.2) is 33.5 Å². The molecule has 1 aromatic rings. The lowest BCUT2D eigenvalue weighted by Crippen LogP contribution is -2.23. The second-order valence-electron chi connectivity index (χ2n) is 5.23. The van der Waals surface area contributed by atoms with Crippen LogP contribution < -0.4 is 14.8 Å². The van der Waals surface area contributed by atoms with Crippen LogP contribution in [0.25, 0.3) is 0 Å². The molecule has 1 atom stereocenters. The molecule has 1 aliphatic heterocycles. The highest BCUT2D eigenvalue weighted by Gasteiger charge is 2.22. The zero-order valence-electron chi connectivity index (χ0n) is 11.4. The first-order chi connectivity index (χ1) is 9.36. The van der Waals surface area contributed by atoms with Gasteiger partial charge in [0.15, 0.2) is 11.5 Å². The maximum absolute atomic E-state index is 5.77. The van der Waals surface area contributed by atoms with Gasteiger partial charge >= 0.3 is 0 Å². The fourth-order valence-electron chi connectivity index (χ4n) is 2.26. The highest BCUT2D eigenvalue weighted by Crippen LogP contribution is 2.33. The Kier molecular flexibility index (Phi) is 3.89. The second kappa shape index (κ2) is 5.80. The van der Waals surface area contributed by atoms with Crippen molar-refractivity contribution < 1.29 is 14.2 Å². The highest BCUT2D eigenvalue weighted by molar-refractivity contribution is 5.44. The van der Waals surface area contributed by atoms with Crippen LogP contribution in [0.3, 0.4) is 0 Å². The van der Waals surface area contributed by atoms with Crippen molar-refractivity contribution in [3.8, 4) is 11.5 Å². The van der Waals surface area contributed by atoms with E-state index < -0.39 is 0 Å². The normalized spacial score (nSPS) is 19.2. The van der Waals surface area contributed by atoms with Crippen LogP contribution >= 0.6 is 0 Å². The molecule has 0 bridgehead atoms. The summed E-state index contributed by atoms with van der Waals surface area (Å²) in [5, 5.41) is 3.30. The average molecular weight is 263 g/mol. The summed E-state index contributed by atoms with van der Waals surface area (Å²) in [5.41, 5.74) is 1.18. The van der Waals surface area contributed by atoms with E-state index in [0.29, 0.717) is 19.8 Å². The first-order valence-electron chi connectivity index (χ1n) is 7.01. The summed E-state index contributed by atoms with van der Waals surface area (Å²) >= 11 is 0. The molecule has 0 saturated heterocycles. The van der Waals surface area contributed by atoms with Crippen LogP contribution in [0.2, 0.25) is 0 Å². The number of nitrogens with one attached hydrogen (secondary N) is 1. The summed E-state index contributed by atoms with van der Waals surface area (Å²) < 4.78 is 16.9. The van der Waals surface area contributed by atoms with Gasteiger partial charge in [0.25, 0.3) is 0 Å². The molecule has 1 aliphatic carbocycles. The first-order valence-corrected chi connectivity index (χ1v) is 7.01. The Morgan fingerprint density at radius 2 is 2.05 bits per heavy atom. The Morgan fingerprint density at radius 3 is 2.79 bits per heavy atom. The van der Waals surface area contributed by atoms with Gasteiger partial charge in [-0.1, -0.05) is 6.07 Å². The van der Waals surface area contributed by atoms with Crippen molar-refractivity contribution in [2.75, 3.05) is 33.5 Å². The van der Waals surface area contributed by atoms with Gasteiger partial charge in [0.1, 0.15) is 13.2 Å². The molecule has 104 valence electrons. The smallest absolute Gasteiger partial charge is 0.161 e. The summed E-state index contributed by atoms with van der Waals surface area (Å²) in [6, 6.07) is 6.31. The Balaban J connectivity index is 1.63. The summed E-state index contributed by atoms with van der Waals surface area (Å²) in [6.07, 6.45) is 2.66. The number of benzene rings is 1. The minimum absolute atomic E-state index is 0.203. The molecule has 0 amide bonds. The van der Waals surface area contributed by atoms with Crippen LogP contribution in [0.5, 0.6) is 11.5 Å². The van der Waals surface area contributed by atoms with E-state index in [2.05, 4.69) is 17.4 Å². The molecule has 0 radical (unpaired) electrons. The molecular weight excluding hydrogens is 242 g/mol. The Bertz CT molecular complexity index is 431. The van der Waals surface area contributed by atoms with Gasteiger partial charge in [-0.15, -0.1) is 0 Å². The van der Waals surface area contributed by atoms with Crippen molar-refractivity contribution in [1.29, 1.82) is 0 Å².